The first-order valence-corrected chi connectivity index (χ1v) is 10.8. The van der Waals surface area contributed by atoms with Crippen LogP contribution in [0.15, 0.2) is 85.2 Å². The van der Waals surface area contributed by atoms with Crippen LogP contribution in [0.5, 0.6) is 0 Å². The Balaban J connectivity index is 1.61. The smallest absolute Gasteiger partial charge is 0.274 e. The SMILES string of the molecule is Cc1ccc(-c2cc(COCCN)cc(NC(=O)c3cc(-c4ccccc4)ccn3)c2)cn1. The maximum atomic E-state index is 13.0. The molecule has 0 saturated heterocycles. The number of benzene rings is 2. The van der Waals surface area contributed by atoms with Crippen molar-refractivity contribution in [2.24, 2.45) is 5.73 Å². The van der Waals surface area contributed by atoms with Crippen molar-refractivity contribution in [1.82, 2.24) is 9.97 Å². The maximum absolute atomic E-state index is 13.0. The molecule has 4 aromatic rings. The molecule has 0 atom stereocenters. The van der Waals surface area contributed by atoms with E-state index in [0.717, 1.165) is 33.5 Å². The Morgan fingerprint density at radius 3 is 2.52 bits per heavy atom. The van der Waals surface area contributed by atoms with Gasteiger partial charge in [0.05, 0.1) is 13.2 Å². The van der Waals surface area contributed by atoms with E-state index < -0.39 is 0 Å². The number of nitrogens with one attached hydrogen (secondary N) is 1. The number of amides is 1. The molecule has 0 radical (unpaired) electrons. The van der Waals surface area contributed by atoms with Gasteiger partial charge in [-0.3, -0.25) is 14.8 Å². The highest BCUT2D eigenvalue weighted by molar-refractivity contribution is 6.03. The highest BCUT2D eigenvalue weighted by Crippen LogP contribution is 2.26. The zero-order valence-electron chi connectivity index (χ0n) is 18.5. The largest absolute Gasteiger partial charge is 0.375 e. The molecule has 2 aromatic carbocycles. The Morgan fingerprint density at radius 2 is 1.76 bits per heavy atom. The average Bonchev–Trinajstić information content (AvgIpc) is 2.85. The monoisotopic (exact) mass is 438 g/mol. The average molecular weight is 439 g/mol. The predicted molar refractivity (Wildman–Crippen MR) is 131 cm³/mol. The second-order valence-corrected chi connectivity index (χ2v) is 7.70. The van der Waals surface area contributed by atoms with E-state index in [0.29, 0.717) is 31.1 Å². The van der Waals surface area contributed by atoms with E-state index in [-0.39, 0.29) is 5.91 Å². The molecular weight excluding hydrogens is 412 g/mol. The molecule has 3 N–H and O–H groups in total. The number of aryl methyl sites for hydroxylation is 1. The zero-order valence-corrected chi connectivity index (χ0v) is 18.5. The Labute approximate surface area is 193 Å². The lowest BCUT2D eigenvalue weighted by Gasteiger charge is -2.12. The van der Waals surface area contributed by atoms with E-state index in [4.69, 9.17) is 10.5 Å². The Kier molecular flexibility index (Phi) is 7.19. The van der Waals surface area contributed by atoms with Crippen molar-refractivity contribution in [2.45, 2.75) is 13.5 Å². The standard InChI is InChI=1S/C27H26N4O2/c1-19-7-8-23(17-30-19)24-13-20(18-33-12-10-28)14-25(15-24)31-27(32)26-16-22(9-11-29-26)21-5-3-2-4-6-21/h2-9,11,13-17H,10,12,18,28H2,1H3,(H,31,32). The number of nitrogens with zero attached hydrogens (tertiary/aromatic N) is 2. The van der Waals surface area contributed by atoms with E-state index in [9.17, 15) is 4.79 Å². The summed E-state index contributed by atoms with van der Waals surface area (Å²) in [7, 11) is 0. The molecule has 6 nitrogen and oxygen atoms in total. The van der Waals surface area contributed by atoms with E-state index in [1.807, 2.05) is 79.9 Å². The summed E-state index contributed by atoms with van der Waals surface area (Å²) in [5.41, 5.74) is 12.3. The van der Waals surface area contributed by atoms with Crippen LogP contribution >= 0.6 is 0 Å². The van der Waals surface area contributed by atoms with Gasteiger partial charge in [0.2, 0.25) is 0 Å². The van der Waals surface area contributed by atoms with Crippen LogP contribution in [0, 0.1) is 6.92 Å². The quantitative estimate of drug-likeness (QED) is 0.384. The number of carbonyl (C=O) groups excluding carboxylic acids is 1. The van der Waals surface area contributed by atoms with Crippen LogP contribution in [0.4, 0.5) is 5.69 Å². The molecule has 166 valence electrons. The first kappa shape index (κ1) is 22.3. The van der Waals surface area contributed by atoms with Gasteiger partial charge in [-0.1, -0.05) is 36.4 Å². The summed E-state index contributed by atoms with van der Waals surface area (Å²) in [4.78, 5) is 21.7. The number of aromatic nitrogens is 2. The molecular formula is C27H26N4O2. The van der Waals surface area contributed by atoms with Crippen LogP contribution in [-0.4, -0.2) is 29.0 Å². The molecule has 0 bridgehead atoms. The highest BCUT2D eigenvalue weighted by Gasteiger charge is 2.12. The summed E-state index contributed by atoms with van der Waals surface area (Å²) in [6.07, 6.45) is 3.48. The van der Waals surface area contributed by atoms with Gasteiger partial charge in [0.15, 0.2) is 0 Å². The third-order valence-electron chi connectivity index (χ3n) is 5.13. The molecule has 1 amide bonds. The first-order chi connectivity index (χ1) is 16.1. The van der Waals surface area contributed by atoms with Gasteiger partial charge in [0.1, 0.15) is 5.69 Å². The Bertz CT molecular complexity index is 1220. The van der Waals surface area contributed by atoms with E-state index in [1.165, 1.54) is 0 Å². The second kappa shape index (κ2) is 10.6. The van der Waals surface area contributed by atoms with Crippen molar-refractivity contribution in [3.05, 3.63) is 102 Å². The fraction of sp³-hybridized carbons (Fsp3) is 0.148. The summed E-state index contributed by atoms with van der Waals surface area (Å²) in [6.45, 7) is 3.26. The number of carbonyl (C=O) groups is 1. The molecule has 2 heterocycles. The summed E-state index contributed by atoms with van der Waals surface area (Å²) in [5, 5.41) is 2.99. The first-order valence-electron chi connectivity index (χ1n) is 10.8. The lowest BCUT2D eigenvalue weighted by Crippen LogP contribution is -2.14. The summed E-state index contributed by atoms with van der Waals surface area (Å²) in [5.74, 6) is -0.277. The zero-order chi connectivity index (χ0) is 23.0. The third kappa shape index (κ3) is 5.88. The van der Waals surface area contributed by atoms with Crippen LogP contribution in [0.25, 0.3) is 22.3 Å². The second-order valence-electron chi connectivity index (χ2n) is 7.70. The molecule has 0 fully saturated rings. The van der Waals surface area contributed by atoms with Crippen molar-refractivity contribution in [3.63, 3.8) is 0 Å². The van der Waals surface area contributed by atoms with Gasteiger partial charge >= 0.3 is 0 Å². The third-order valence-corrected chi connectivity index (χ3v) is 5.13. The van der Waals surface area contributed by atoms with Gasteiger partial charge in [-0.15, -0.1) is 0 Å². The molecule has 0 unspecified atom stereocenters. The fourth-order valence-corrected chi connectivity index (χ4v) is 3.49. The minimum atomic E-state index is -0.277. The van der Waals surface area contributed by atoms with Gasteiger partial charge in [-0.25, -0.2) is 0 Å². The molecule has 0 aliphatic heterocycles. The van der Waals surface area contributed by atoms with Crippen molar-refractivity contribution in [1.29, 1.82) is 0 Å². The maximum Gasteiger partial charge on any atom is 0.274 e. The summed E-state index contributed by atoms with van der Waals surface area (Å²) < 4.78 is 5.62. The lowest BCUT2D eigenvalue weighted by atomic mass is 10.0. The van der Waals surface area contributed by atoms with Gasteiger partial charge in [0, 0.05) is 35.9 Å². The molecule has 0 aliphatic rings. The Morgan fingerprint density at radius 1 is 0.909 bits per heavy atom. The minimum Gasteiger partial charge on any atom is -0.375 e. The number of pyridine rings is 2. The number of hydrogen-bond acceptors (Lipinski definition) is 5. The van der Waals surface area contributed by atoms with Gasteiger partial charge in [-0.05, 0) is 65.6 Å². The van der Waals surface area contributed by atoms with E-state index in [1.54, 1.807) is 12.3 Å². The fourth-order valence-electron chi connectivity index (χ4n) is 3.49. The van der Waals surface area contributed by atoms with Gasteiger partial charge in [0.25, 0.3) is 5.91 Å². The number of rotatable bonds is 8. The molecule has 0 aliphatic carbocycles. The minimum absolute atomic E-state index is 0.277. The Hall–Kier alpha value is -3.87. The topological polar surface area (TPSA) is 90.1 Å². The van der Waals surface area contributed by atoms with Crippen molar-refractivity contribution in [2.75, 3.05) is 18.5 Å². The summed E-state index contributed by atoms with van der Waals surface area (Å²) in [6, 6.07) is 23.4. The molecule has 0 saturated carbocycles. The normalized spacial score (nSPS) is 10.7. The van der Waals surface area contributed by atoms with E-state index >= 15 is 0 Å². The van der Waals surface area contributed by atoms with Crippen molar-refractivity contribution in [3.8, 4) is 22.3 Å². The van der Waals surface area contributed by atoms with E-state index in [2.05, 4.69) is 15.3 Å². The van der Waals surface area contributed by atoms with Crippen molar-refractivity contribution >= 4 is 11.6 Å². The molecule has 6 heteroatoms. The number of hydrogen-bond donors (Lipinski definition) is 2. The molecule has 33 heavy (non-hydrogen) atoms. The van der Waals surface area contributed by atoms with Crippen LogP contribution in [0.1, 0.15) is 21.7 Å². The molecule has 4 rings (SSSR count). The van der Waals surface area contributed by atoms with Gasteiger partial charge in [-0.2, -0.15) is 0 Å². The highest BCUT2D eigenvalue weighted by atomic mass is 16.5. The van der Waals surface area contributed by atoms with Crippen LogP contribution in [0.3, 0.4) is 0 Å². The number of anilines is 1. The summed E-state index contributed by atoms with van der Waals surface area (Å²) >= 11 is 0. The van der Waals surface area contributed by atoms with Crippen LogP contribution in [-0.2, 0) is 11.3 Å². The number of nitrogens with two attached hydrogens (primary N) is 1. The van der Waals surface area contributed by atoms with Gasteiger partial charge < -0.3 is 15.8 Å². The van der Waals surface area contributed by atoms with Crippen molar-refractivity contribution < 1.29 is 9.53 Å². The molecule has 0 spiro atoms. The lowest BCUT2D eigenvalue weighted by molar-refractivity contribution is 0.102. The molecule has 2 aromatic heterocycles. The van der Waals surface area contributed by atoms with Crippen LogP contribution < -0.4 is 11.1 Å². The van der Waals surface area contributed by atoms with Crippen LogP contribution in [0.2, 0.25) is 0 Å². The number of ether oxygens (including phenoxy) is 1. The predicted octanol–water partition coefficient (Wildman–Crippen LogP) is 4.85.